The predicted molar refractivity (Wildman–Crippen MR) is 120 cm³/mol. The Labute approximate surface area is 178 Å². The number of aryl methyl sites for hydroxylation is 2. The number of fused-ring (bicyclic) bond motifs is 4. The summed E-state index contributed by atoms with van der Waals surface area (Å²) in [6.45, 7) is 3.34. The first-order chi connectivity index (χ1) is 14.9. The van der Waals surface area contributed by atoms with Crippen LogP contribution in [0.1, 0.15) is 23.9 Å². The highest BCUT2D eigenvalue weighted by molar-refractivity contribution is 5.93. The Hall–Kier alpha value is -3.59. The van der Waals surface area contributed by atoms with Crippen LogP contribution in [0.5, 0.6) is 5.88 Å². The number of hydrogen-bond acceptors (Lipinski definition) is 5. The molecule has 31 heavy (non-hydrogen) atoms. The highest BCUT2D eigenvalue weighted by atomic mass is 16.5. The Morgan fingerprint density at radius 1 is 1.19 bits per heavy atom. The SMILES string of the molecule is CC1CN(C)Cc2c(c(=O)[nH]n2C)/C=C/c2[nH]nc3ccc(cc23)-c2cnn(C)c2O1. The van der Waals surface area contributed by atoms with Crippen molar-refractivity contribution in [3.8, 4) is 17.0 Å². The lowest BCUT2D eigenvalue weighted by Gasteiger charge is -2.23. The van der Waals surface area contributed by atoms with Crippen LogP contribution in [-0.2, 0) is 20.6 Å². The maximum absolute atomic E-state index is 12.6. The van der Waals surface area contributed by atoms with Gasteiger partial charge in [-0.25, -0.2) is 4.68 Å². The van der Waals surface area contributed by atoms with E-state index < -0.39 is 0 Å². The smallest absolute Gasteiger partial charge is 0.271 e. The first-order valence-corrected chi connectivity index (χ1v) is 10.2. The summed E-state index contributed by atoms with van der Waals surface area (Å²) in [4.78, 5) is 14.7. The number of nitrogens with one attached hydrogen (secondary N) is 2. The highest BCUT2D eigenvalue weighted by Gasteiger charge is 2.20. The van der Waals surface area contributed by atoms with Crippen LogP contribution >= 0.6 is 0 Å². The molecule has 4 heterocycles. The van der Waals surface area contributed by atoms with Gasteiger partial charge in [0.25, 0.3) is 5.56 Å². The van der Waals surface area contributed by atoms with Gasteiger partial charge in [0, 0.05) is 32.6 Å². The summed E-state index contributed by atoms with van der Waals surface area (Å²) in [5, 5.41) is 15.8. The van der Waals surface area contributed by atoms with E-state index in [-0.39, 0.29) is 11.7 Å². The minimum atomic E-state index is -0.112. The van der Waals surface area contributed by atoms with E-state index in [1.54, 1.807) is 9.36 Å². The zero-order chi connectivity index (χ0) is 21.7. The average Bonchev–Trinajstić information content (AvgIpc) is 3.36. The van der Waals surface area contributed by atoms with Crippen molar-refractivity contribution in [1.82, 2.24) is 34.7 Å². The third-order valence-corrected chi connectivity index (χ3v) is 5.73. The molecule has 4 aromatic rings. The molecule has 5 rings (SSSR count). The van der Waals surface area contributed by atoms with Crippen LogP contribution in [0.2, 0.25) is 0 Å². The van der Waals surface area contributed by atoms with Gasteiger partial charge in [-0.3, -0.25) is 24.6 Å². The normalized spacial score (nSPS) is 18.3. The Kier molecular flexibility index (Phi) is 4.55. The Morgan fingerprint density at radius 3 is 2.87 bits per heavy atom. The number of aromatic nitrogens is 6. The van der Waals surface area contributed by atoms with Crippen LogP contribution in [0.15, 0.2) is 29.2 Å². The van der Waals surface area contributed by atoms with E-state index in [2.05, 4.69) is 31.4 Å². The summed E-state index contributed by atoms with van der Waals surface area (Å²) in [6, 6.07) is 6.08. The Balaban J connectivity index is 1.71. The number of rotatable bonds is 0. The monoisotopic (exact) mass is 419 g/mol. The molecule has 1 aliphatic rings. The third-order valence-electron chi connectivity index (χ3n) is 5.73. The maximum atomic E-state index is 12.6. The molecule has 0 spiro atoms. The number of likely N-dealkylation sites (N-methyl/N-ethyl adjacent to an activating group) is 1. The maximum Gasteiger partial charge on any atom is 0.271 e. The fourth-order valence-electron chi connectivity index (χ4n) is 4.20. The van der Waals surface area contributed by atoms with E-state index in [9.17, 15) is 4.79 Å². The van der Waals surface area contributed by atoms with E-state index in [0.717, 1.165) is 39.3 Å². The molecule has 9 heteroatoms. The highest BCUT2D eigenvalue weighted by Crippen LogP contribution is 2.33. The number of benzene rings is 1. The number of H-pyrrole nitrogens is 2. The molecule has 160 valence electrons. The summed E-state index contributed by atoms with van der Waals surface area (Å²) in [5.74, 6) is 0.727. The van der Waals surface area contributed by atoms with Crippen molar-refractivity contribution in [1.29, 1.82) is 0 Å². The average molecular weight is 419 g/mol. The summed E-state index contributed by atoms with van der Waals surface area (Å²) >= 11 is 0. The van der Waals surface area contributed by atoms with Gasteiger partial charge < -0.3 is 4.74 Å². The number of ether oxygens (including phenoxy) is 1. The minimum absolute atomic E-state index is 0.0764. The van der Waals surface area contributed by atoms with Crippen molar-refractivity contribution in [3.05, 3.63) is 51.7 Å². The van der Waals surface area contributed by atoms with Crippen LogP contribution < -0.4 is 10.3 Å². The number of aromatic amines is 2. The van der Waals surface area contributed by atoms with Crippen molar-refractivity contribution in [2.75, 3.05) is 13.6 Å². The summed E-state index contributed by atoms with van der Waals surface area (Å²) < 4.78 is 9.87. The molecule has 0 fully saturated rings. The standard InChI is InChI=1S/C22H25N7O2/c1-13-11-27(2)12-20-15(21(30)26-28(20)3)6-8-19-16-9-14(5-7-18(16)24-25-19)17-10-23-29(4)22(17)31-13/h5-10,13H,11-12H2,1-4H3,(H,24,25)(H,26,30)/b8-6+. The molecule has 9 nitrogen and oxygen atoms in total. The van der Waals surface area contributed by atoms with Crippen LogP contribution in [-0.4, -0.2) is 54.4 Å². The summed E-state index contributed by atoms with van der Waals surface area (Å²) in [6.07, 6.45) is 5.52. The van der Waals surface area contributed by atoms with Crippen molar-refractivity contribution in [3.63, 3.8) is 0 Å². The van der Waals surface area contributed by atoms with Gasteiger partial charge in [-0.2, -0.15) is 10.2 Å². The van der Waals surface area contributed by atoms with Gasteiger partial charge in [0.1, 0.15) is 6.10 Å². The van der Waals surface area contributed by atoms with E-state index in [0.29, 0.717) is 18.7 Å². The lowest BCUT2D eigenvalue weighted by molar-refractivity contribution is 0.147. The van der Waals surface area contributed by atoms with Gasteiger partial charge in [0.15, 0.2) is 0 Å². The summed E-state index contributed by atoms with van der Waals surface area (Å²) in [7, 11) is 5.76. The quantitative estimate of drug-likeness (QED) is 0.456. The first kappa shape index (κ1) is 19.4. The molecule has 0 amide bonds. The fourth-order valence-corrected chi connectivity index (χ4v) is 4.20. The third kappa shape index (κ3) is 3.36. The molecule has 1 unspecified atom stereocenters. The zero-order valence-electron chi connectivity index (χ0n) is 18.0. The number of hydrogen-bond donors (Lipinski definition) is 2. The van der Waals surface area contributed by atoms with Gasteiger partial charge in [-0.1, -0.05) is 6.07 Å². The van der Waals surface area contributed by atoms with Gasteiger partial charge in [0.05, 0.1) is 34.2 Å². The molecule has 0 radical (unpaired) electrons. The number of nitrogens with zero attached hydrogens (tertiary/aromatic N) is 5. The topological polar surface area (TPSA) is 96.8 Å². The van der Waals surface area contributed by atoms with Crippen LogP contribution in [0.4, 0.5) is 0 Å². The van der Waals surface area contributed by atoms with E-state index in [4.69, 9.17) is 4.74 Å². The summed E-state index contributed by atoms with van der Waals surface area (Å²) in [5.41, 5.74) is 5.08. The second-order valence-corrected chi connectivity index (χ2v) is 8.18. The molecule has 3 aromatic heterocycles. The molecule has 2 bridgehead atoms. The largest absolute Gasteiger partial charge is 0.473 e. The second-order valence-electron chi connectivity index (χ2n) is 8.18. The van der Waals surface area contributed by atoms with Crippen molar-refractivity contribution in [2.45, 2.75) is 19.6 Å². The van der Waals surface area contributed by atoms with Gasteiger partial charge in [0.2, 0.25) is 5.88 Å². The molecule has 0 aliphatic carbocycles. The van der Waals surface area contributed by atoms with E-state index >= 15 is 0 Å². The lowest BCUT2D eigenvalue weighted by Crippen LogP contribution is -2.32. The second kappa shape index (κ2) is 7.28. The Bertz CT molecular complexity index is 1350. The molecular weight excluding hydrogens is 394 g/mol. The Morgan fingerprint density at radius 2 is 2.03 bits per heavy atom. The van der Waals surface area contributed by atoms with Gasteiger partial charge >= 0.3 is 0 Å². The molecule has 1 aromatic carbocycles. The van der Waals surface area contributed by atoms with Gasteiger partial charge in [-0.05, 0) is 43.8 Å². The molecule has 1 atom stereocenters. The van der Waals surface area contributed by atoms with Gasteiger partial charge in [-0.15, -0.1) is 0 Å². The minimum Gasteiger partial charge on any atom is -0.473 e. The molecule has 2 N–H and O–H groups in total. The van der Waals surface area contributed by atoms with Crippen LogP contribution in [0.25, 0.3) is 34.2 Å². The fraction of sp³-hybridized carbons (Fsp3) is 0.318. The van der Waals surface area contributed by atoms with Crippen LogP contribution in [0.3, 0.4) is 0 Å². The zero-order valence-corrected chi connectivity index (χ0v) is 18.0. The lowest BCUT2D eigenvalue weighted by atomic mass is 10.1. The van der Waals surface area contributed by atoms with Crippen LogP contribution in [0, 0.1) is 0 Å². The van der Waals surface area contributed by atoms with E-state index in [1.165, 1.54) is 0 Å². The van der Waals surface area contributed by atoms with Crippen molar-refractivity contribution in [2.24, 2.45) is 14.1 Å². The first-order valence-electron chi connectivity index (χ1n) is 10.2. The van der Waals surface area contributed by atoms with Crippen molar-refractivity contribution < 1.29 is 4.74 Å². The van der Waals surface area contributed by atoms with Crippen molar-refractivity contribution >= 4 is 23.1 Å². The molecule has 0 saturated carbocycles. The van der Waals surface area contributed by atoms with E-state index in [1.807, 2.05) is 58.5 Å². The predicted octanol–water partition coefficient (Wildman–Crippen LogP) is 2.37. The molecular formula is C22H25N7O2. The molecule has 0 saturated heterocycles. The molecule has 1 aliphatic heterocycles.